The van der Waals surface area contributed by atoms with E-state index in [1.165, 1.54) is 28.8 Å². The van der Waals surface area contributed by atoms with Gasteiger partial charge in [0.05, 0.1) is 11.4 Å². The first-order valence-corrected chi connectivity index (χ1v) is 10.1. The molecule has 4 heteroatoms. The van der Waals surface area contributed by atoms with Gasteiger partial charge in [-0.25, -0.2) is 4.98 Å². The molecule has 142 valence electrons. The van der Waals surface area contributed by atoms with Crippen LogP contribution in [0, 0.1) is 6.92 Å². The first kappa shape index (κ1) is 18.2. The summed E-state index contributed by atoms with van der Waals surface area (Å²) in [5, 5.41) is 3.50. The predicted molar refractivity (Wildman–Crippen MR) is 112 cm³/mol. The second-order valence-corrected chi connectivity index (χ2v) is 8.00. The molecule has 0 spiro atoms. The lowest BCUT2D eigenvalue weighted by Gasteiger charge is -2.20. The summed E-state index contributed by atoms with van der Waals surface area (Å²) in [6.45, 7) is 12.0. The summed E-state index contributed by atoms with van der Waals surface area (Å²) >= 11 is 0. The average molecular weight is 363 g/mol. The third-order valence-corrected chi connectivity index (χ3v) is 5.52. The maximum absolute atomic E-state index is 5.01. The van der Waals surface area contributed by atoms with Crippen LogP contribution in [0.5, 0.6) is 0 Å². The van der Waals surface area contributed by atoms with E-state index in [-0.39, 0.29) is 0 Å². The summed E-state index contributed by atoms with van der Waals surface area (Å²) < 4.78 is 2.29. The summed E-state index contributed by atoms with van der Waals surface area (Å²) in [5.74, 6) is 0.548. The van der Waals surface area contributed by atoms with Gasteiger partial charge in [0.15, 0.2) is 0 Å². The standard InChI is InChI=1S/C23H30N4/c1-17(2)19-6-8-20(9-7-19)23-21(16-26-13-4-11-24-12-14-26)27-15-18(3)5-10-22(27)25-23/h5-10,15,17,24H,4,11-14,16H2,1-3H3. The Morgan fingerprint density at radius 1 is 1.04 bits per heavy atom. The van der Waals surface area contributed by atoms with Crippen molar-refractivity contribution in [2.45, 2.75) is 39.7 Å². The van der Waals surface area contributed by atoms with Crippen molar-refractivity contribution in [3.8, 4) is 11.3 Å². The minimum atomic E-state index is 0.548. The monoisotopic (exact) mass is 362 g/mol. The molecule has 0 radical (unpaired) electrons. The first-order chi connectivity index (χ1) is 13.1. The summed E-state index contributed by atoms with van der Waals surface area (Å²) in [6, 6.07) is 13.2. The van der Waals surface area contributed by atoms with Crippen molar-refractivity contribution in [3.05, 3.63) is 59.4 Å². The smallest absolute Gasteiger partial charge is 0.137 e. The van der Waals surface area contributed by atoms with Crippen molar-refractivity contribution >= 4 is 5.65 Å². The molecular formula is C23H30N4. The Labute approximate surface area is 162 Å². The molecule has 0 saturated carbocycles. The van der Waals surface area contributed by atoms with Crippen LogP contribution >= 0.6 is 0 Å². The molecule has 0 unspecified atom stereocenters. The molecule has 1 saturated heterocycles. The van der Waals surface area contributed by atoms with Crippen molar-refractivity contribution in [1.82, 2.24) is 19.6 Å². The molecule has 27 heavy (non-hydrogen) atoms. The second-order valence-electron chi connectivity index (χ2n) is 8.00. The molecule has 3 heterocycles. The molecule has 4 rings (SSSR count). The fourth-order valence-electron chi connectivity index (χ4n) is 3.88. The summed E-state index contributed by atoms with van der Waals surface area (Å²) in [6.07, 6.45) is 3.42. The van der Waals surface area contributed by atoms with E-state index in [0.29, 0.717) is 5.92 Å². The van der Waals surface area contributed by atoms with E-state index in [2.05, 4.69) is 78.0 Å². The van der Waals surface area contributed by atoms with Gasteiger partial charge in [-0.3, -0.25) is 4.90 Å². The molecule has 1 aliphatic rings. The van der Waals surface area contributed by atoms with Crippen molar-refractivity contribution < 1.29 is 0 Å². The zero-order valence-corrected chi connectivity index (χ0v) is 16.7. The largest absolute Gasteiger partial charge is 0.315 e. The van der Waals surface area contributed by atoms with Crippen LogP contribution in [0.4, 0.5) is 0 Å². The van der Waals surface area contributed by atoms with E-state index in [4.69, 9.17) is 4.98 Å². The average Bonchev–Trinajstić information content (AvgIpc) is 2.83. The molecular weight excluding hydrogens is 332 g/mol. The van der Waals surface area contributed by atoms with Crippen molar-refractivity contribution in [2.75, 3.05) is 26.2 Å². The Hall–Kier alpha value is -2.17. The first-order valence-electron chi connectivity index (χ1n) is 10.1. The molecule has 1 aromatic carbocycles. The van der Waals surface area contributed by atoms with Crippen LogP contribution in [0.3, 0.4) is 0 Å². The van der Waals surface area contributed by atoms with Crippen LogP contribution in [0.2, 0.25) is 0 Å². The molecule has 0 amide bonds. The molecule has 1 N–H and O–H groups in total. The van der Waals surface area contributed by atoms with E-state index < -0.39 is 0 Å². The van der Waals surface area contributed by atoms with Gasteiger partial charge < -0.3 is 9.72 Å². The molecule has 1 aliphatic heterocycles. The highest BCUT2D eigenvalue weighted by Crippen LogP contribution is 2.28. The second kappa shape index (κ2) is 7.83. The highest BCUT2D eigenvalue weighted by molar-refractivity contribution is 5.67. The van der Waals surface area contributed by atoms with Crippen molar-refractivity contribution in [3.63, 3.8) is 0 Å². The third-order valence-electron chi connectivity index (χ3n) is 5.52. The quantitative estimate of drug-likeness (QED) is 0.754. The number of imidazole rings is 1. The Balaban J connectivity index is 1.76. The van der Waals surface area contributed by atoms with Gasteiger partial charge in [0, 0.05) is 31.4 Å². The van der Waals surface area contributed by atoms with E-state index in [0.717, 1.165) is 44.1 Å². The van der Waals surface area contributed by atoms with Crippen LogP contribution in [0.1, 0.15) is 43.0 Å². The normalized spacial score (nSPS) is 16.1. The SMILES string of the molecule is Cc1ccc2nc(-c3ccc(C(C)C)cc3)c(CN3CCCNCC3)n2c1. The lowest BCUT2D eigenvalue weighted by Crippen LogP contribution is -2.28. The third kappa shape index (κ3) is 3.92. The number of nitrogens with one attached hydrogen (secondary N) is 1. The predicted octanol–water partition coefficient (Wildman–Crippen LogP) is 4.23. The molecule has 1 fully saturated rings. The highest BCUT2D eigenvalue weighted by atomic mass is 15.2. The lowest BCUT2D eigenvalue weighted by molar-refractivity contribution is 0.281. The minimum Gasteiger partial charge on any atom is -0.315 e. The molecule has 0 atom stereocenters. The summed E-state index contributed by atoms with van der Waals surface area (Å²) in [4.78, 5) is 7.56. The Bertz CT molecular complexity index is 900. The molecule has 0 bridgehead atoms. The van der Waals surface area contributed by atoms with E-state index in [9.17, 15) is 0 Å². The zero-order valence-electron chi connectivity index (χ0n) is 16.7. The van der Waals surface area contributed by atoms with Gasteiger partial charge in [-0.1, -0.05) is 44.2 Å². The van der Waals surface area contributed by atoms with Gasteiger partial charge in [0.1, 0.15) is 5.65 Å². The molecule has 0 aliphatic carbocycles. The van der Waals surface area contributed by atoms with E-state index >= 15 is 0 Å². The van der Waals surface area contributed by atoms with E-state index in [1.807, 2.05) is 0 Å². The maximum Gasteiger partial charge on any atom is 0.137 e. The lowest BCUT2D eigenvalue weighted by atomic mass is 10.0. The zero-order chi connectivity index (χ0) is 18.8. The van der Waals surface area contributed by atoms with Gasteiger partial charge in [0.2, 0.25) is 0 Å². The number of hydrogen-bond acceptors (Lipinski definition) is 3. The van der Waals surface area contributed by atoms with Crippen LogP contribution < -0.4 is 5.32 Å². The Kier molecular flexibility index (Phi) is 5.28. The molecule has 2 aromatic heterocycles. The van der Waals surface area contributed by atoms with Gasteiger partial charge in [-0.2, -0.15) is 0 Å². The van der Waals surface area contributed by atoms with Gasteiger partial charge >= 0.3 is 0 Å². The number of nitrogens with zero attached hydrogens (tertiary/aromatic N) is 3. The maximum atomic E-state index is 5.01. The molecule has 4 nitrogen and oxygen atoms in total. The van der Waals surface area contributed by atoms with Gasteiger partial charge in [0.25, 0.3) is 0 Å². The van der Waals surface area contributed by atoms with Crippen LogP contribution in [0.15, 0.2) is 42.6 Å². The fourth-order valence-corrected chi connectivity index (χ4v) is 3.88. The number of benzene rings is 1. The van der Waals surface area contributed by atoms with Crippen LogP contribution in [-0.4, -0.2) is 40.5 Å². The van der Waals surface area contributed by atoms with Gasteiger partial charge in [-0.05, 0) is 49.5 Å². The summed E-state index contributed by atoms with van der Waals surface area (Å²) in [7, 11) is 0. The van der Waals surface area contributed by atoms with Gasteiger partial charge in [-0.15, -0.1) is 0 Å². The number of aryl methyl sites for hydroxylation is 1. The van der Waals surface area contributed by atoms with Crippen LogP contribution in [0.25, 0.3) is 16.9 Å². The molecule has 3 aromatic rings. The fraction of sp³-hybridized carbons (Fsp3) is 0.435. The van der Waals surface area contributed by atoms with Crippen molar-refractivity contribution in [1.29, 1.82) is 0 Å². The van der Waals surface area contributed by atoms with Crippen molar-refractivity contribution in [2.24, 2.45) is 0 Å². The highest BCUT2D eigenvalue weighted by Gasteiger charge is 2.18. The topological polar surface area (TPSA) is 32.6 Å². The Morgan fingerprint density at radius 2 is 1.85 bits per heavy atom. The number of pyridine rings is 1. The summed E-state index contributed by atoms with van der Waals surface area (Å²) in [5.41, 5.74) is 7.30. The number of hydrogen-bond donors (Lipinski definition) is 1. The minimum absolute atomic E-state index is 0.548. The van der Waals surface area contributed by atoms with Crippen LogP contribution in [-0.2, 0) is 6.54 Å². The number of fused-ring (bicyclic) bond motifs is 1. The Morgan fingerprint density at radius 3 is 2.63 bits per heavy atom. The number of aromatic nitrogens is 2. The van der Waals surface area contributed by atoms with E-state index in [1.54, 1.807) is 0 Å². The number of rotatable bonds is 4.